The molecular formula is C29H43ClN2O3S. The maximum Gasteiger partial charge on any atom is 0.242 e. The number of halogens is 1. The third-order valence-corrected chi connectivity index (χ3v) is 8.82. The van der Waals surface area contributed by atoms with E-state index in [-0.39, 0.29) is 23.7 Å². The Bertz CT molecular complexity index is 916. The number of hydrogen-bond acceptors (Lipinski definition) is 5. The Morgan fingerprint density at radius 3 is 2.72 bits per heavy atom. The van der Waals surface area contributed by atoms with Gasteiger partial charge >= 0.3 is 0 Å². The second-order valence-corrected chi connectivity index (χ2v) is 13.2. The Balaban J connectivity index is 1.42. The Morgan fingerprint density at radius 1 is 1.28 bits per heavy atom. The van der Waals surface area contributed by atoms with Crippen molar-refractivity contribution in [2.24, 2.45) is 23.7 Å². The Labute approximate surface area is 226 Å². The molecule has 0 aromatic rings. The van der Waals surface area contributed by atoms with Crippen molar-refractivity contribution >= 4 is 29.3 Å². The van der Waals surface area contributed by atoms with Crippen LogP contribution in [0.2, 0.25) is 0 Å². The van der Waals surface area contributed by atoms with Crippen LogP contribution in [0.5, 0.6) is 0 Å². The summed E-state index contributed by atoms with van der Waals surface area (Å²) in [6, 6.07) is -0.167. The van der Waals surface area contributed by atoms with Gasteiger partial charge in [-0.3, -0.25) is 9.69 Å². The van der Waals surface area contributed by atoms with Crippen molar-refractivity contribution in [1.82, 2.24) is 10.2 Å². The van der Waals surface area contributed by atoms with E-state index < -0.39 is 0 Å². The average Bonchev–Trinajstić information content (AvgIpc) is 3.09. The molecule has 5 nitrogen and oxygen atoms in total. The summed E-state index contributed by atoms with van der Waals surface area (Å²) in [5.74, 6) is 1.79. The van der Waals surface area contributed by atoms with Gasteiger partial charge in [0.15, 0.2) is 0 Å². The van der Waals surface area contributed by atoms with E-state index in [4.69, 9.17) is 21.1 Å². The zero-order chi connectivity index (χ0) is 25.9. The minimum absolute atomic E-state index is 0.0716. The lowest BCUT2D eigenvalue weighted by Crippen LogP contribution is -2.45. The van der Waals surface area contributed by atoms with Gasteiger partial charge in [-0.25, -0.2) is 0 Å². The Morgan fingerprint density at radius 2 is 2.03 bits per heavy atom. The van der Waals surface area contributed by atoms with Gasteiger partial charge in [0.05, 0.1) is 22.8 Å². The number of hydrogen-bond donors (Lipinski definition) is 1. The first kappa shape index (κ1) is 28.0. The predicted octanol–water partition coefficient (Wildman–Crippen LogP) is 6.23. The molecule has 0 aromatic heterocycles. The predicted molar refractivity (Wildman–Crippen MR) is 150 cm³/mol. The number of nitrogens with zero attached hydrogens (tertiary/aromatic N) is 1. The van der Waals surface area contributed by atoms with Gasteiger partial charge in [-0.1, -0.05) is 61.0 Å². The van der Waals surface area contributed by atoms with Crippen LogP contribution in [0.3, 0.4) is 0 Å². The van der Waals surface area contributed by atoms with Gasteiger partial charge in [0.2, 0.25) is 5.91 Å². The van der Waals surface area contributed by atoms with Crippen molar-refractivity contribution in [2.45, 2.75) is 78.0 Å². The molecule has 3 aliphatic heterocycles. The summed E-state index contributed by atoms with van der Waals surface area (Å²) in [4.78, 5) is 16.0. The number of likely N-dealkylation sites (tertiary alicyclic amines) is 1. The molecule has 1 amide bonds. The highest BCUT2D eigenvalue weighted by Crippen LogP contribution is 2.39. The van der Waals surface area contributed by atoms with Gasteiger partial charge in [-0.05, 0) is 75.7 Å². The van der Waals surface area contributed by atoms with E-state index in [9.17, 15) is 4.79 Å². The Kier molecular flexibility index (Phi) is 9.48. The second kappa shape index (κ2) is 12.2. The third-order valence-electron chi connectivity index (χ3n) is 7.65. The highest BCUT2D eigenvalue weighted by Gasteiger charge is 2.40. The van der Waals surface area contributed by atoms with E-state index in [1.54, 1.807) is 11.8 Å². The lowest BCUT2D eigenvalue weighted by molar-refractivity contribution is -0.125. The fourth-order valence-corrected chi connectivity index (χ4v) is 7.06. The highest BCUT2D eigenvalue weighted by atomic mass is 35.5. The molecule has 1 aliphatic carbocycles. The van der Waals surface area contributed by atoms with Crippen molar-refractivity contribution in [2.75, 3.05) is 26.3 Å². The third kappa shape index (κ3) is 7.50. The fraction of sp³-hybridized carbons (Fsp3) is 0.690. The van der Waals surface area contributed by atoms with Crippen LogP contribution in [0.4, 0.5) is 0 Å². The number of ether oxygens (including phenoxy) is 2. The zero-order valence-electron chi connectivity index (χ0n) is 22.5. The van der Waals surface area contributed by atoms with Crippen LogP contribution in [0, 0.1) is 23.7 Å². The van der Waals surface area contributed by atoms with E-state index in [1.807, 2.05) is 6.08 Å². The van der Waals surface area contributed by atoms with Crippen molar-refractivity contribution in [3.8, 4) is 0 Å². The summed E-state index contributed by atoms with van der Waals surface area (Å²) in [6.45, 7) is 14.2. The van der Waals surface area contributed by atoms with E-state index in [0.717, 1.165) is 62.0 Å². The van der Waals surface area contributed by atoms with Crippen LogP contribution < -0.4 is 5.32 Å². The number of carbonyl (C=O) groups excluding carboxylic acids is 1. The van der Waals surface area contributed by atoms with Gasteiger partial charge in [-0.2, -0.15) is 0 Å². The number of allylic oxidation sites excluding steroid dienone is 6. The van der Waals surface area contributed by atoms with E-state index >= 15 is 0 Å². The molecule has 0 aromatic carbocycles. The molecule has 5 unspecified atom stereocenters. The SMILES string of the molecule is CC1CC=C(NC(=O)C2CC(OC(C)(C)C)CN2CC2CCOCC2)SC=C1C1C=CC(Cl)=CC1C. The Hall–Kier alpha value is -1.05. The van der Waals surface area contributed by atoms with Gasteiger partial charge in [0.1, 0.15) is 0 Å². The zero-order valence-corrected chi connectivity index (χ0v) is 24.0. The summed E-state index contributed by atoms with van der Waals surface area (Å²) in [7, 11) is 0. The smallest absolute Gasteiger partial charge is 0.242 e. The average molecular weight is 535 g/mol. The molecule has 200 valence electrons. The highest BCUT2D eigenvalue weighted by molar-refractivity contribution is 8.05. The minimum atomic E-state index is -0.221. The molecule has 0 spiro atoms. The quantitative estimate of drug-likeness (QED) is 0.437. The summed E-state index contributed by atoms with van der Waals surface area (Å²) >= 11 is 7.86. The molecule has 0 saturated carbocycles. The normalized spacial score (nSPS) is 32.5. The fourth-order valence-electron chi connectivity index (χ4n) is 5.79. The second-order valence-electron chi connectivity index (χ2n) is 11.8. The van der Waals surface area contributed by atoms with Gasteiger partial charge in [0, 0.05) is 37.3 Å². The number of carbonyl (C=O) groups is 1. The van der Waals surface area contributed by atoms with Crippen LogP contribution >= 0.6 is 23.4 Å². The van der Waals surface area contributed by atoms with Crippen LogP contribution in [-0.2, 0) is 14.3 Å². The summed E-state index contributed by atoms with van der Waals surface area (Å²) < 4.78 is 11.9. The lowest BCUT2D eigenvalue weighted by atomic mass is 9.79. The van der Waals surface area contributed by atoms with Crippen molar-refractivity contribution in [3.63, 3.8) is 0 Å². The number of amides is 1. The monoisotopic (exact) mass is 534 g/mol. The minimum Gasteiger partial charge on any atom is -0.381 e. The molecule has 7 heteroatoms. The van der Waals surface area contributed by atoms with Crippen LogP contribution in [0.1, 0.15) is 60.3 Å². The summed E-state index contributed by atoms with van der Waals surface area (Å²) in [5, 5.41) is 7.29. The molecule has 0 radical (unpaired) electrons. The maximum absolute atomic E-state index is 13.6. The molecule has 36 heavy (non-hydrogen) atoms. The first-order valence-corrected chi connectivity index (χ1v) is 14.8. The molecule has 1 N–H and O–H groups in total. The molecule has 3 heterocycles. The van der Waals surface area contributed by atoms with E-state index in [1.165, 1.54) is 5.57 Å². The maximum atomic E-state index is 13.6. The van der Waals surface area contributed by atoms with Gasteiger partial charge < -0.3 is 14.8 Å². The number of nitrogens with one attached hydrogen (secondary N) is 1. The van der Waals surface area contributed by atoms with Crippen LogP contribution in [0.25, 0.3) is 0 Å². The van der Waals surface area contributed by atoms with Crippen LogP contribution in [-0.4, -0.2) is 54.9 Å². The van der Waals surface area contributed by atoms with Gasteiger partial charge in [-0.15, -0.1) is 0 Å². The lowest BCUT2D eigenvalue weighted by Gasteiger charge is -2.30. The van der Waals surface area contributed by atoms with E-state index in [2.05, 4.69) is 68.5 Å². The summed E-state index contributed by atoms with van der Waals surface area (Å²) in [5.41, 5.74) is 1.19. The molecule has 2 fully saturated rings. The van der Waals surface area contributed by atoms with Crippen LogP contribution in [0.15, 0.2) is 45.3 Å². The topological polar surface area (TPSA) is 50.8 Å². The van der Waals surface area contributed by atoms with Crippen molar-refractivity contribution in [1.29, 1.82) is 0 Å². The molecular weight excluding hydrogens is 492 g/mol. The van der Waals surface area contributed by atoms with Crippen molar-refractivity contribution < 1.29 is 14.3 Å². The standard InChI is InChI=1S/C29H43ClN2O3S/c1-19-6-9-27(36-18-25(19)24-8-7-22(30)14-20(24)2)31-28(33)26-15-23(35-29(3,4)5)17-32(26)16-21-10-12-34-13-11-21/h7-9,14,18-21,23-24,26H,6,10-13,15-17H2,1-5H3,(H,31,33). The molecule has 5 atom stereocenters. The van der Waals surface area contributed by atoms with E-state index in [0.29, 0.717) is 23.7 Å². The molecule has 0 bridgehead atoms. The molecule has 4 aliphatic rings. The summed E-state index contributed by atoms with van der Waals surface area (Å²) in [6.07, 6.45) is 12.4. The first-order chi connectivity index (χ1) is 17.1. The van der Waals surface area contributed by atoms with Crippen molar-refractivity contribution in [3.05, 3.63) is 45.3 Å². The number of rotatable bonds is 6. The molecule has 4 rings (SSSR count). The largest absolute Gasteiger partial charge is 0.381 e. The number of thioether (sulfide) groups is 1. The first-order valence-electron chi connectivity index (χ1n) is 13.5. The van der Waals surface area contributed by atoms with Gasteiger partial charge in [0.25, 0.3) is 0 Å². The molecule has 2 saturated heterocycles.